The van der Waals surface area contributed by atoms with E-state index in [1.165, 1.54) is 0 Å². The molecule has 120 valence electrons. The van der Waals surface area contributed by atoms with Crippen LogP contribution >= 0.6 is 0 Å². The topological polar surface area (TPSA) is 76.1 Å². The quantitative estimate of drug-likeness (QED) is 0.909. The number of carbonyl (C=O) groups excluding carboxylic acids is 1. The van der Waals surface area contributed by atoms with Crippen molar-refractivity contribution in [3.63, 3.8) is 0 Å². The second-order valence-electron chi connectivity index (χ2n) is 4.92. The molecular weight excluding hydrogens is 300 g/mol. The molecule has 1 fully saturated rings. The molecule has 0 aromatic heterocycles. The van der Waals surface area contributed by atoms with E-state index in [2.05, 4.69) is 0 Å². The van der Waals surface area contributed by atoms with Crippen LogP contribution in [0.3, 0.4) is 0 Å². The monoisotopic (exact) mass is 315 g/mol. The molecule has 1 aliphatic rings. The largest absolute Gasteiger partial charge is 0.493 e. The summed E-state index contributed by atoms with van der Waals surface area (Å²) in [6.07, 6.45) is -1.75. The van der Waals surface area contributed by atoms with Crippen molar-refractivity contribution in [2.45, 2.75) is 19.1 Å². The molecule has 6 nitrogen and oxygen atoms in total. The maximum absolute atomic E-state index is 13.9. The van der Waals surface area contributed by atoms with Gasteiger partial charge in [0.2, 0.25) is 0 Å². The number of methoxy groups -OCH3 is 1. The number of amides is 1. The minimum Gasteiger partial charge on any atom is -0.493 e. The van der Waals surface area contributed by atoms with Crippen LogP contribution < -0.4 is 4.74 Å². The molecular formula is C14H15F2NO5. The van der Waals surface area contributed by atoms with Gasteiger partial charge >= 0.3 is 5.97 Å². The third kappa shape index (κ3) is 3.01. The van der Waals surface area contributed by atoms with Gasteiger partial charge < -0.3 is 19.5 Å². The molecule has 1 unspecified atom stereocenters. The Morgan fingerprint density at radius 1 is 1.32 bits per heavy atom. The highest BCUT2D eigenvalue weighted by Crippen LogP contribution is 2.27. The Balaban J connectivity index is 2.35. The number of nitrogens with zero attached hydrogens (tertiary/aromatic N) is 1. The zero-order valence-electron chi connectivity index (χ0n) is 12.0. The summed E-state index contributed by atoms with van der Waals surface area (Å²) in [6, 6.07) is 1.68. The third-order valence-corrected chi connectivity index (χ3v) is 3.30. The molecule has 1 saturated heterocycles. The predicted octanol–water partition coefficient (Wildman–Crippen LogP) is 1.29. The fourth-order valence-electron chi connectivity index (χ4n) is 2.34. The van der Waals surface area contributed by atoms with Crippen LogP contribution in [-0.4, -0.2) is 54.3 Å². The van der Waals surface area contributed by atoms with Crippen molar-refractivity contribution < 1.29 is 33.0 Å². The van der Waals surface area contributed by atoms with Gasteiger partial charge in [-0.2, -0.15) is 0 Å². The lowest BCUT2D eigenvalue weighted by molar-refractivity contribution is -0.160. The Kier molecular flexibility index (Phi) is 4.60. The van der Waals surface area contributed by atoms with Gasteiger partial charge in [0.1, 0.15) is 11.4 Å². The van der Waals surface area contributed by atoms with Crippen molar-refractivity contribution in [1.82, 2.24) is 4.90 Å². The van der Waals surface area contributed by atoms with Crippen molar-refractivity contribution in [3.8, 4) is 5.75 Å². The summed E-state index contributed by atoms with van der Waals surface area (Å²) in [4.78, 5) is 24.6. The van der Waals surface area contributed by atoms with Crippen LogP contribution in [0.2, 0.25) is 0 Å². The second kappa shape index (κ2) is 6.27. The highest BCUT2D eigenvalue weighted by molar-refractivity contribution is 5.97. The van der Waals surface area contributed by atoms with E-state index in [4.69, 9.17) is 14.6 Å². The third-order valence-electron chi connectivity index (χ3n) is 3.30. The first-order chi connectivity index (χ1) is 10.3. The molecule has 0 saturated carbocycles. The number of hydrogen-bond acceptors (Lipinski definition) is 4. The van der Waals surface area contributed by atoms with E-state index in [1.807, 2.05) is 0 Å². The van der Waals surface area contributed by atoms with Gasteiger partial charge in [-0.3, -0.25) is 4.79 Å². The fourth-order valence-corrected chi connectivity index (χ4v) is 2.34. The second-order valence-corrected chi connectivity index (χ2v) is 4.92. The lowest BCUT2D eigenvalue weighted by Gasteiger charge is -2.35. The van der Waals surface area contributed by atoms with Crippen molar-refractivity contribution in [2.24, 2.45) is 0 Å². The van der Waals surface area contributed by atoms with E-state index in [9.17, 15) is 18.4 Å². The maximum Gasteiger partial charge on any atom is 0.334 e. The molecule has 2 rings (SSSR count). The average Bonchev–Trinajstić information content (AvgIpc) is 2.47. The van der Waals surface area contributed by atoms with E-state index >= 15 is 0 Å². The Bertz CT molecular complexity index is 607. The molecule has 0 bridgehead atoms. The van der Waals surface area contributed by atoms with E-state index in [0.717, 1.165) is 24.1 Å². The highest BCUT2D eigenvalue weighted by Gasteiger charge is 2.35. The first-order valence-corrected chi connectivity index (χ1v) is 6.54. The molecule has 1 aromatic rings. The molecule has 1 aromatic carbocycles. The number of carboxylic acids is 1. The highest BCUT2D eigenvalue weighted by atomic mass is 19.1. The van der Waals surface area contributed by atoms with Crippen molar-refractivity contribution in [1.29, 1.82) is 0 Å². The smallest absolute Gasteiger partial charge is 0.334 e. The maximum atomic E-state index is 13.9. The molecule has 0 spiro atoms. The number of halogens is 2. The minimum absolute atomic E-state index is 0.0712. The molecule has 2 atom stereocenters. The number of morpholine rings is 1. The van der Waals surface area contributed by atoms with Crippen LogP contribution in [0.25, 0.3) is 0 Å². The van der Waals surface area contributed by atoms with Crippen LogP contribution in [-0.2, 0) is 9.53 Å². The van der Waals surface area contributed by atoms with E-state index in [0.29, 0.717) is 0 Å². The van der Waals surface area contributed by atoms with E-state index in [-0.39, 0.29) is 13.1 Å². The van der Waals surface area contributed by atoms with E-state index < -0.39 is 47.0 Å². The summed E-state index contributed by atoms with van der Waals surface area (Å²) in [5.74, 6) is -4.38. The number of ether oxygens (including phenoxy) is 2. The zero-order valence-corrected chi connectivity index (χ0v) is 12.0. The number of aliphatic carboxylic acids is 1. The number of rotatable bonds is 3. The van der Waals surface area contributed by atoms with Gasteiger partial charge in [-0.25, -0.2) is 13.6 Å². The zero-order chi connectivity index (χ0) is 16.4. The molecule has 0 aliphatic carbocycles. The standard InChI is InChI=1S/C14H15F2NO5/c1-7-5-17(6-10(22-7)14(19)20)13(18)11-8(15)3-4-9(16)12(11)21-2/h3-4,7,10H,5-6H2,1-2H3,(H,19,20)/t7-,10?/m1/s1. The molecule has 22 heavy (non-hydrogen) atoms. The van der Waals surface area contributed by atoms with Crippen molar-refractivity contribution in [3.05, 3.63) is 29.3 Å². The lowest BCUT2D eigenvalue weighted by atomic mass is 10.1. The van der Waals surface area contributed by atoms with Crippen LogP contribution in [0.15, 0.2) is 12.1 Å². The lowest BCUT2D eigenvalue weighted by Crippen LogP contribution is -2.52. The molecule has 1 heterocycles. The number of hydrogen-bond donors (Lipinski definition) is 1. The number of carbonyl (C=O) groups is 2. The van der Waals surface area contributed by atoms with Gasteiger partial charge in [0.15, 0.2) is 17.7 Å². The van der Waals surface area contributed by atoms with Gasteiger partial charge in [0.25, 0.3) is 5.91 Å². The SMILES string of the molecule is COc1c(F)ccc(F)c1C(=O)N1CC(C(=O)O)O[C@H](C)C1. The van der Waals surface area contributed by atoms with Gasteiger partial charge in [-0.1, -0.05) is 0 Å². The fraction of sp³-hybridized carbons (Fsp3) is 0.429. The summed E-state index contributed by atoms with van der Waals surface area (Å²) in [5, 5.41) is 9.00. The molecule has 8 heteroatoms. The van der Waals surface area contributed by atoms with Crippen LogP contribution in [0.1, 0.15) is 17.3 Å². The number of benzene rings is 1. The van der Waals surface area contributed by atoms with Crippen molar-refractivity contribution >= 4 is 11.9 Å². The summed E-state index contributed by atoms with van der Waals surface area (Å²) in [5.41, 5.74) is -0.555. The van der Waals surface area contributed by atoms with Gasteiger partial charge in [0, 0.05) is 6.54 Å². The van der Waals surface area contributed by atoms with E-state index in [1.54, 1.807) is 6.92 Å². The Hall–Kier alpha value is -2.22. The summed E-state index contributed by atoms with van der Waals surface area (Å²) in [7, 11) is 1.12. The van der Waals surface area contributed by atoms with Gasteiger partial charge in [-0.15, -0.1) is 0 Å². The van der Waals surface area contributed by atoms with Crippen LogP contribution in [0.4, 0.5) is 8.78 Å². The van der Waals surface area contributed by atoms with Crippen molar-refractivity contribution in [2.75, 3.05) is 20.2 Å². The van der Waals surface area contributed by atoms with Crippen LogP contribution in [0, 0.1) is 11.6 Å². The Morgan fingerprint density at radius 2 is 1.95 bits per heavy atom. The Morgan fingerprint density at radius 3 is 2.55 bits per heavy atom. The normalized spacial score (nSPS) is 21.5. The molecule has 1 N–H and O–H groups in total. The Labute approximate surface area is 125 Å². The summed E-state index contributed by atoms with van der Waals surface area (Å²) >= 11 is 0. The van der Waals surface area contributed by atoms with Gasteiger partial charge in [-0.05, 0) is 19.1 Å². The summed E-state index contributed by atoms with van der Waals surface area (Å²) in [6.45, 7) is 1.41. The predicted molar refractivity (Wildman–Crippen MR) is 70.8 cm³/mol. The number of carboxylic acid groups (broad SMARTS) is 1. The minimum atomic E-state index is -1.23. The first kappa shape index (κ1) is 16.2. The first-order valence-electron chi connectivity index (χ1n) is 6.54. The molecule has 1 amide bonds. The van der Waals surface area contributed by atoms with Gasteiger partial charge in [0.05, 0.1) is 19.8 Å². The molecule has 1 aliphatic heterocycles. The molecule has 0 radical (unpaired) electrons. The average molecular weight is 315 g/mol. The van der Waals surface area contributed by atoms with Crippen LogP contribution in [0.5, 0.6) is 5.75 Å². The summed E-state index contributed by atoms with van der Waals surface area (Å²) < 4.78 is 37.5.